The molecule has 3 aliphatic rings. The summed E-state index contributed by atoms with van der Waals surface area (Å²) in [4.78, 5) is 43.7. The average Bonchev–Trinajstić information content (AvgIpc) is 3.37. The maximum atomic E-state index is 13.8. The molecule has 230 valence electrons. The highest BCUT2D eigenvalue weighted by molar-refractivity contribution is 6.07. The Morgan fingerprint density at radius 3 is 2.39 bits per heavy atom. The Hall–Kier alpha value is -4.64. The molecule has 2 aliphatic heterocycles. The van der Waals surface area contributed by atoms with Crippen molar-refractivity contribution in [2.75, 3.05) is 43.2 Å². The molecule has 1 saturated heterocycles. The van der Waals surface area contributed by atoms with Crippen LogP contribution in [0.4, 0.5) is 15.8 Å². The Bertz CT molecular complexity index is 1560. The topological polar surface area (TPSA) is 126 Å². The summed E-state index contributed by atoms with van der Waals surface area (Å²) in [5.41, 5.74) is 8.38. The molecule has 4 N–H and O–H groups in total. The maximum Gasteiger partial charge on any atom is 0.255 e. The van der Waals surface area contributed by atoms with Gasteiger partial charge in [-0.3, -0.25) is 14.4 Å². The van der Waals surface area contributed by atoms with E-state index in [0.717, 1.165) is 31.4 Å². The third-order valence-corrected chi connectivity index (χ3v) is 8.44. The minimum Gasteiger partial charge on any atom is -0.454 e. The normalized spacial score (nSPS) is 19.7. The van der Waals surface area contributed by atoms with Gasteiger partial charge in [-0.1, -0.05) is 6.07 Å². The van der Waals surface area contributed by atoms with Crippen molar-refractivity contribution in [3.8, 4) is 11.5 Å². The fourth-order valence-electron chi connectivity index (χ4n) is 5.98. The molecule has 44 heavy (non-hydrogen) atoms. The Morgan fingerprint density at radius 1 is 0.795 bits per heavy atom. The second kappa shape index (κ2) is 12.9. The summed E-state index contributed by atoms with van der Waals surface area (Å²) in [5.74, 6) is -0.176. The van der Waals surface area contributed by atoms with Gasteiger partial charge in [0.05, 0.1) is 11.4 Å². The van der Waals surface area contributed by atoms with E-state index in [1.54, 1.807) is 41.3 Å². The molecule has 0 aromatic heterocycles. The first-order chi connectivity index (χ1) is 21.3. The molecule has 1 aliphatic carbocycles. The van der Waals surface area contributed by atoms with Gasteiger partial charge in [-0.2, -0.15) is 0 Å². The minimum absolute atomic E-state index is 0.0564. The molecule has 1 saturated carbocycles. The predicted molar refractivity (Wildman–Crippen MR) is 164 cm³/mol. The molecule has 10 nitrogen and oxygen atoms in total. The van der Waals surface area contributed by atoms with Crippen LogP contribution in [0, 0.1) is 5.82 Å². The van der Waals surface area contributed by atoms with Gasteiger partial charge in [0, 0.05) is 55.0 Å². The van der Waals surface area contributed by atoms with E-state index in [1.165, 1.54) is 18.2 Å². The Kier molecular flexibility index (Phi) is 8.65. The Labute approximate surface area is 255 Å². The zero-order chi connectivity index (χ0) is 30.6. The summed E-state index contributed by atoms with van der Waals surface area (Å²) in [6.45, 7) is 2.13. The number of nitrogens with two attached hydrogens (primary N) is 1. The first-order valence-corrected chi connectivity index (χ1v) is 15.1. The van der Waals surface area contributed by atoms with Crippen LogP contribution in [-0.4, -0.2) is 67.7 Å². The van der Waals surface area contributed by atoms with Crippen molar-refractivity contribution in [2.24, 2.45) is 5.73 Å². The zero-order valence-electron chi connectivity index (χ0n) is 24.4. The first-order valence-electron chi connectivity index (χ1n) is 15.1. The summed E-state index contributed by atoms with van der Waals surface area (Å²) in [7, 11) is 0. The van der Waals surface area contributed by atoms with E-state index in [-0.39, 0.29) is 36.6 Å². The van der Waals surface area contributed by atoms with Gasteiger partial charge in [0.1, 0.15) is 5.82 Å². The van der Waals surface area contributed by atoms with E-state index >= 15 is 0 Å². The second-order valence-electron chi connectivity index (χ2n) is 11.5. The van der Waals surface area contributed by atoms with Gasteiger partial charge in [0.15, 0.2) is 11.5 Å². The lowest BCUT2D eigenvalue weighted by atomic mass is 9.91. The van der Waals surface area contributed by atoms with Gasteiger partial charge >= 0.3 is 0 Å². The summed E-state index contributed by atoms with van der Waals surface area (Å²) in [6.07, 6.45) is 4.07. The summed E-state index contributed by atoms with van der Waals surface area (Å²) < 4.78 is 24.6. The fourth-order valence-corrected chi connectivity index (χ4v) is 5.98. The number of carbonyl (C=O) groups is 3. The summed E-state index contributed by atoms with van der Waals surface area (Å²) >= 11 is 0. The molecule has 3 amide bonds. The van der Waals surface area contributed by atoms with E-state index < -0.39 is 5.82 Å². The van der Waals surface area contributed by atoms with Crippen LogP contribution in [0.2, 0.25) is 0 Å². The quantitative estimate of drug-likeness (QED) is 0.387. The predicted octanol–water partition coefficient (Wildman–Crippen LogP) is 4.16. The van der Waals surface area contributed by atoms with E-state index in [0.29, 0.717) is 66.5 Å². The third kappa shape index (κ3) is 6.62. The number of halogens is 1. The largest absolute Gasteiger partial charge is 0.454 e. The van der Waals surface area contributed by atoms with Gasteiger partial charge in [-0.05, 0) is 86.7 Å². The molecule has 2 heterocycles. The third-order valence-electron chi connectivity index (χ3n) is 8.44. The van der Waals surface area contributed by atoms with Crippen molar-refractivity contribution in [1.82, 2.24) is 10.2 Å². The zero-order valence-corrected chi connectivity index (χ0v) is 24.4. The number of nitrogens with zero attached hydrogens (tertiary/aromatic N) is 2. The van der Waals surface area contributed by atoms with Crippen molar-refractivity contribution in [1.29, 1.82) is 0 Å². The number of anilines is 2. The molecule has 6 rings (SSSR count). The van der Waals surface area contributed by atoms with Gasteiger partial charge < -0.3 is 35.6 Å². The number of hydrogen-bond donors (Lipinski definition) is 3. The van der Waals surface area contributed by atoms with E-state index in [2.05, 4.69) is 15.5 Å². The smallest absolute Gasteiger partial charge is 0.255 e. The number of nitrogens with one attached hydrogen (secondary N) is 2. The number of rotatable bonds is 6. The molecular weight excluding hydrogens is 565 g/mol. The number of amides is 3. The molecular formula is C33H36FN5O5. The summed E-state index contributed by atoms with van der Waals surface area (Å²) in [5, 5.41) is 6.13. The van der Waals surface area contributed by atoms with Gasteiger partial charge in [-0.25, -0.2) is 4.39 Å². The lowest BCUT2D eigenvalue weighted by Crippen LogP contribution is -2.40. The summed E-state index contributed by atoms with van der Waals surface area (Å²) in [6, 6.07) is 16.2. The standard InChI is InChI=1S/C33H36FN5O5/c34-24-4-1-3-23(17-24)33(42)39-14-2-13-38(15-16-39)28-11-5-21(31(40)36-26-9-7-25(35)8-10-26)18-27(28)37-32(41)22-6-12-29-30(19-22)44-20-43-29/h1,3-6,11-12,17-19,25-26H,2,7-10,13-16,20,35H2,(H,36,40)(H,37,41). The molecule has 0 unspecified atom stereocenters. The number of fused-ring (bicyclic) bond motifs is 1. The van der Waals surface area contributed by atoms with Crippen LogP contribution < -0.4 is 30.7 Å². The second-order valence-corrected chi connectivity index (χ2v) is 11.5. The van der Waals surface area contributed by atoms with Crippen LogP contribution in [0.5, 0.6) is 11.5 Å². The number of benzene rings is 3. The molecule has 3 aromatic carbocycles. The van der Waals surface area contributed by atoms with Gasteiger partial charge in [0.25, 0.3) is 17.7 Å². The van der Waals surface area contributed by atoms with Crippen LogP contribution in [0.1, 0.15) is 63.2 Å². The minimum atomic E-state index is -0.452. The van der Waals surface area contributed by atoms with Gasteiger partial charge in [-0.15, -0.1) is 0 Å². The SMILES string of the molecule is NC1CCC(NC(=O)c2ccc(N3CCCN(C(=O)c4cccc(F)c4)CC3)c(NC(=O)c3ccc4c(c3)OCO4)c2)CC1. The van der Waals surface area contributed by atoms with E-state index in [1.807, 2.05) is 6.07 Å². The van der Waals surface area contributed by atoms with Gasteiger partial charge in [0.2, 0.25) is 6.79 Å². The first kappa shape index (κ1) is 29.4. The monoisotopic (exact) mass is 601 g/mol. The Balaban J connectivity index is 1.23. The number of carbonyl (C=O) groups excluding carboxylic acids is 3. The number of hydrogen-bond acceptors (Lipinski definition) is 7. The average molecular weight is 602 g/mol. The highest BCUT2D eigenvalue weighted by Crippen LogP contribution is 2.34. The van der Waals surface area contributed by atoms with Crippen LogP contribution in [0.25, 0.3) is 0 Å². The highest BCUT2D eigenvalue weighted by Gasteiger charge is 2.25. The van der Waals surface area contributed by atoms with Crippen LogP contribution in [-0.2, 0) is 0 Å². The molecule has 3 aromatic rings. The van der Waals surface area contributed by atoms with Crippen molar-refractivity contribution in [2.45, 2.75) is 44.2 Å². The van der Waals surface area contributed by atoms with Crippen molar-refractivity contribution in [3.63, 3.8) is 0 Å². The molecule has 0 spiro atoms. The maximum absolute atomic E-state index is 13.8. The van der Waals surface area contributed by atoms with Crippen molar-refractivity contribution < 1.29 is 28.2 Å². The lowest BCUT2D eigenvalue weighted by Gasteiger charge is -2.28. The van der Waals surface area contributed by atoms with Crippen LogP contribution in [0.3, 0.4) is 0 Å². The Morgan fingerprint density at radius 2 is 1.57 bits per heavy atom. The fraction of sp³-hybridized carbons (Fsp3) is 0.364. The van der Waals surface area contributed by atoms with Crippen LogP contribution in [0.15, 0.2) is 60.7 Å². The molecule has 0 radical (unpaired) electrons. The molecule has 2 fully saturated rings. The molecule has 0 atom stereocenters. The lowest BCUT2D eigenvalue weighted by molar-refractivity contribution is 0.0766. The highest BCUT2D eigenvalue weighted by atomic mass is 19.1. The van der Waals surface area contributed by atoms with E-state index in [4.69, 9.17) is 15.2 Å². The van der Waals surface area contributed by atoms with Crippen LogP contribution >= 0.6 is 0 Å². The molecule has 11 heteroatoms. The van der Waals surface area contributed by atoms with Crippen molar-refractivity contribution in [3.05, 3.63) is 83.2 Å². The van der Waals surface area contributed by atoms with E-state index in [9.17, 15) is 18.8 Å². The number of ether oxygens (including phenoxy) is 2. The van der Waals surface area contributed by atoms with Crippen molar-refractivity contribution >= 4 is 29.1 Å². The molecule has 0 bridgehead atoms.